The van der Waals surface area contributed by atoms with E-state index in [1.54, 1.807) is 0 Å². The number of aromatic nitrogens is 1. The Morgan fingerprint density at radius 3 is 2.74 bits per heavy atom. The van der Waals surface area contributed by atoms with Gasteiger partial charge in [-0.15, -0.1) is 0 Å². The molecule has 0 radical (unpaired) electrons. The van der Waals surface area contributed by atoms with Crippen molar-refractivity contribution < 1.29 is 4.79 Å². The smallest absolute Gasteiger partial charge is 0.269 e. The van der Waals surface area contributed by atoms with Gasteiger partial charge in [-0.25, -0.2) is 4.98 Å². The Labute approximate surface area is 115 Å². The first kappa shape index (κ1) is 13.8. The SMILES string of the molecule is CCCCNC(=O)c1ccc(N2CCCCC2)cn1. The van der Waals surface area contributed by atoms with Crippen molar-refractivity contribution in [3.8, 4) is 0 Å². The van der Waals surface area contributed by atoms with Crippen molar-refractivity contribution in [1.29, 1.82) is 0 Å². The highest BCUT2D eigenvalue weighted by Crippen LogP contribution is 2.18. The van der Waals surface area contributed by atoms with Crippen LogP contribution in [0.25, 0.3) is 0 Å². The number of carbonyl (C=O) groups excluding carboxylic acids is 1. The van der Waals surface area contributed by atoms with Gasteiger partial charge in [0.05, 0.1) is 11.9 Å². The van der Waals surface area contributed by atoms with E-state index in [1.165, 1.54) is 19.3 Å². The summed E-state index contributed by atoms with van der Waals surface area (Å²) >= 11 is 0. The van der Waals surface area contributed by atoms with E-state index in [-0.39, 0.29) is 5.91 Å². The van der Waals surface area contributed by atoms with Crippen LogP contribution < -0.4 is 10.2 Å². The highest BCUT2D eigenvalue weighted by atomic mass is 16.1. The Hall–Kier alpha value is -1.58. The Kier molecular flexibility index (Phi) is 5.19. The van der Waals surface area contributed by atoms with Crippen LogP contribution >= 0.6 is 0 Å². The molecule has 1 aliphatic rings. The fraction of sp³-hybridized carbons (Fsp3) is 0.600. The summed E-state index contributed by atoms with van der Waals surface area (Å²) in [6, 6.07) is 3.83. The number of rotatable bonds is 5. The zero-order valence-electron chi connectivity index (χ0n) is 11.7. The summed E-state index contributed by atoms with van der Waals surface area (Å²) in [4.78, 5) is 18.4. The average molecular weight is 261 g/mol. The molecule has 0 spiro atoms. The molecule has 1 aromatic heterocycles. The molecule has 0 atom stereocenters. The van der Waals surface area contributed by atoms with E-state index in [2.05, 4.69) is 22.1 Å². The van der Waals surface area contributed by atoms with Crippen molar-refractivity contribution >= 4 is 11.6 Å². The second-order valence-electron chi connectivity index (χ2n) is 5.06. The summed E-state index contributed by atoms with van der Waals surface area (Å²) < 4.78 is 0. The third kappa shape index (κ3) is 3.94. The maximum atomic E-state index is 11.8. The number of nitrogens with zero attached hydrogens (tertiary/aromatic N) is 2. The zero-order chi connectivity index (χ0) is 13.5. The Balaban J connectivity index is 1.91. The fourth-order valence-electron chi connectivity index (χ4n) is 2.33. The summed E-state index contributed by atoms with van der Waals surface area (Å²) in [5.41, 5.74) is 1.64. The van der Waals surface area contributed by atoms with E-state index < -0.39 is 0 Å². The van der Waals surface area contributed by atoms with Gasteiger partial charge in [0.1, 0.15) is 5.69 Å². The maximum Gasteiger partial charge on any atom is 0.269 e. The molecule has 0 aromatic carbocycles. The lowest BCUT2D eigenvalue weighted by Gasteiger charge is -2.28. The highest BCUT2D eigenvalue weighted by molar-refractivity contribution is 5.92. The number of hydrogen-bond donors (Lipinski definition) is 1. The first-order valence-electron chi connectivity index (χ1n) is 7.30. The third-order valence-corrected chi connectivity index (χ3v) is 3.52. The van der Waals surface area contributed by atoms with Gasteiger partial charge in [-0.2, -0.15) is 0 Å². The second kappa shape index (κ2) is 7.12. The maximum absolute atomic E-state index is 11.8. The molecule has 1 aliphatic heterocycles. The molecule has 1 aromatic rings. The van der Waals surface area contributed by atoms with Crippen molar-refractivity contribution in [2.45, 2.75) is 39.0 Å². The minimum atomic E-state index is -0.0707. The molecule has 4 heteroatoms. The van der Waals surface area contributed by atoms with Crippen molar-refractivity contribution in [1.82, 2.24) is 10.3 Å². The Bertz CT molecular complexity index is 396. The molecule has 104 valence electrons. The quantitative estimate of drug-likeness (QED) is 0.829. The summed E-state index contributed by atoms with van der Waals surface area (Å²) in [5.74, 6) is -0.0707. The minimum absolute atomic E-state index is 0.0707. The van der Waals surface area contributed by atoms with Crippen LogP contribution in [0.4, 0.5) is 5.69 Å². The standard InChI is InChI=1S/C15H23N3O/c1-2-3-9-16-15(19)14-8-7-13(12-17-14)18-10-5-4-6-11-18/h7-8,12H,2-6,9-11H2,1H3,(H,16,19). The van der Waals surface area contributed by atoms with Crippen LogP contribution in [-0.2, 0) is 0 Å². The van der Waals surface area contributed by atoms with Gasteiger partial charge in [-0.3, -0.25) is 4.79 Å². The van der Waals surface area contributed by atoms with E-state index in [0.29, 0.717) is 5.69 Å². The number of pyridine rings is 1. The van der Waals surface area contributed by atoms with E-state index in [0.717, 1.165) is 38.2 Å². The van der Waals surface area contributed by atoms with Crippen molar-refractivity contribution in [2.75, 3.05) is 24.5 Å². The lowest BCUT2D eigenvalue weighted by molar-refractivity contribution is 0.0948. The van der Waals surface area contributed by atoms with Crippen molar-refractivity contribution in [3.05, 3.63) is 24.0 Å². The number of piperidine rings is 1. The van der Waals surface area contributed by atoms with Crippen LogP contribution in [0.1, 0.15) is 49.5 Å². The zero-order valence-corrected chi connectivity index (χ0v) is 11.7. The van der Waals surface area contributed by atoms with Gasteiger partial charge in [-0.05, 0) is 37.8 Å². The first-order chi connectivity index (χ1) is 9.31. The molecular formula is C15H23N3O. The molecule has 0 bridgehead atoms. The second-order valence-corrected chi connectivity index (χ2v) is 5.06. The summed E-state index contributed by atoms with van der Waals surface area (Å²) in [7, 11) is 0. The fourth-order valence-corrected chi connectivity index (χ4v) is 2.33. The van der Waals surface area contributed by atoms with Crippen LogP contribution in [0.2, 0.25) is 0 Å². The van der Waals surface area contributed by atoms with Crippen molar-refractivity contribution in [2.24, 2.45) is 0 Å². The predicted octanol–water partition coefficient (Wildman–Crippen LogP) is 2.60. The van der Waals surface area contributed by atoms with Crippen LogP contribution in [0.15, 0.2) is 18.3 Å². The molecule has 0 saturated carbocycles. The van der Waals surface area contributed by atoms with Gasteiger partial charge in [0, 0.05) is 19.6 Å². The van der Waals surface area contributed by atoms with Crippen LogP contribution in [0.3, 0.4) is 0 Å². The topological polar surface area (TPSA) is 45.2 Å². The average Bonchev–Trinajstić information content (AvgIpc) is 2.48. The van der Waals surface area contributed by atoms with Crippen LogP contribution in [0, 0.1) is 0 Å². The van der Waals surface area contributed by atoms with E-state index in [4.69, 9.17) is 0 Å². The van der Waals surface area contributed by atoms with Crippen LogP contribution in [0.5, 0.6) is 0 Å². The van der Waals surface area contributed by atoms with Crippen molar-refractivity contribution in [3.63, 3.8) is 0 Å². The lowest BCUT2D eigenvalue weighted by Crippen LogP contribution is -2.30. The van der Waals surface area contributed by atoms with Gasteiger partial charge >= 0.3 is 0 Å². The first-order valence-corrected chi connectivity index (χ1v) is 7.30. The number of nitrogens with one attached hydrogen (secondary N) is 1. The van der Waals surface area contributed by atoms with E-state index in [1.807, 2.05) is 18.3 Å². The number of unbranched alkanes of at least 4 members (excludes halogenated alkanes) is 1. The van der Waals surface area contributed by atoms with Gasteiger partial charge in [0.15, 0.2) is 0 Å². The Morgan fingerprint density at radius 2 is 2.11 bits per heavy atom. The molecule has 2 heterocycles. The summed E-state index contributed by atoms with van der Waals surface area (Å²) in [5, 5.41) is 2.88. The highest BCUT2D eigenvalue weighted by Gasteiger charge is 2.12. The van der Waals surface area contributed by atoms with Gasteiger partial charge in [0.2, 0.25) is 0 Å². The molecule has 1 N–H and O–H groups in total. The monoisotopic (exact) mass is 261 g/mol. The molecule has 0 unspecified atom stereocenters. The number of anilines is 1. The molecule has 19 heavy (non-hydrogen) atoms. The molecule has 1 fully saturated rings. The van der Waals surface area contributed by atoms with E-state index >= 15 is 0 Å². The molecule has 0 aliphatic carbocycles. The number of hydrogen-bond acceptors (Lipinski definition) is 3. The number of amides is 1. The lowest BCUT2D eigenvalue weighted by atomic mass is 10.1. The Morgan fingerprint density at radius 1 is 1.32 bits per heavy atom. The largest absolute Gasteiger partial charge is 0.370 e. The predicted molar refractivity (Wildman–Crippen MR) is 77.5 cm³/mol. The minimum Gasteiger partial charge on any atom is -0.370 e. The molecular weight excluding hydrogens is 238 g/mol. The van der Waals surface area contributed by atoms with Gasteiger partial charge < -0.3 is 10.2 Å². The van der Waals surface area contributed by atoms with Crippen LogP contribution in [-0.4, -0.2) is 30.5 Å². The summed E-state index contributed by atoms with van der Waals surface area (Å²) in [6.45, 7) is 5.04. The van der Waals surface area contributed by atoms with Gasteiger partial charge in [-0.1, -0.05) is 13.3 Å². The third-order valence-electron chi connectivity index (χ3n) is 3.52. The molecule has 4 nitrogen and oxygen atoms in total. The molecule has 1 amide bonds. The number of carbonyl (C=O) groups is 1. The molecule has 2 rings (SSSR count). The van der Waals surface area contributed by atoms with Gasteiger partial charge in [0.25, 0.3) is 5.91 Å². The normalized spacial score (nSPS) is 15.3. The summed E-state index contributed by atoms with van der Waals surface area (Å²) in [6.07, 6.45) is 7.74. The molecule has 1 saturated heterocycles. The van der Waals surface area contributed by atoms with E-state index in [9.17, 15) is 4.79 Å².